The molecule has 0 radical (unpaired) electrons. The average Bonchev–Trinajstić information content (AvgIpc) is 3.26. The summed E-state index contributed by atoms with van der Waals surface area (Å²) in [6.07, 6.45) is 5.25. The predicted octanol–water partition coefficient (Wildman–Crippen LogP) is 3.01. The van der Waals surface area contributed by atoms with Gasteiger partial charge >= 0.3 is 0 Å². The molecule has 1 fully saturated rings. The van der Waals surface area contributed by atoms with Crippen molar-refractivity contribution in [3.63, 3.8) is 0 Å². The van der Waals surface area contributed by atoms with E-state index in [9.17, 15) is 4.79 Å². The number of amides is 1. The summed E-state index contributed by atoms with van der Waals surface area (Å²) < 4.78 is 0. The Labute approximate surface area is 155 Å². The van der Waals surface area contributed by atoms with Gasteiger partial charge in [-0.2, -0.15) is 0 Å². The number of aryl methyl sites for hydroxylation is 1. The highest BCUT2D eigenvalue weighted by Crippen LogP contribution is 2.38. The fourth-order valence-electron chi connectivity index (χ4n) is 3.44. The van der Waals surface area contributed by atoms with Crippen LogP contribution in [0.2, 0.25) is 0 Å². The highest BCUT2D eigenvalue weighted by atomic mass is 32.1. The maximum atomic E-state index is 12.7. The smallest absolute Gasteiger partial charge is 0.230 e. The fourth-order valence-corrected chi connectivity index (χ4v) is 4.32. The van der Waals surface area contributed by atoms with Crippen molar-refractivity contribution < 1.29 is 4.79 Å². The van der Waals surface area contributed by atoms with Crippen molar-refractivity contribution in [2.24, 2.45) is 10.4 Å². The number of hydrogen-bond donors (Lipinski definition) is 2. The molecule has 1 heterocycles. The molecule has 0 aliphatic heterocycles. The van der Waals surface area contributed by atoms with Gasteiger partial charge in [0.25, 0.3) is 0 Å². The van der Waals surface area contributed by atoms with Crippen LogP contribution in [0.15, 0.2) is 17.1 Å². The Morgan fingerprint density at radius 2 is 1.88 bits per heavy atom. The molecule has 2 rings (SSSR count). The van der Waals surface area contributed by atoms with Crippen LogP contribution in [0.25, 0.3) is 0 Å². The Hall–Kier alpha value is -1.56. The Kier molecular flexibility index (Phi) is 7.29. The number of rotatable bonds is 7. The van der Waals surface area contributed by atoms with E-state index in [2.05, 4.69) is 36.6 Å². The number of hydrogen-bond acceptors (Lipinski definition) is 3. The molecular formula is C19H32N4OS. The van der Waals surface area contributed by atoms with Crippen LogP contribution in [0.1, 0.15) is 49.3 Å². The molecule has 6 heteroatoms. The maximum Gasteiger partial charge on any atom is 0.230 e. The summed E-state index contributed by atoms with van der Waals surface area (Å²) in [4.78, 5) is 21.8. The van der Waals surface area contributed by atoms with Crippen LogP contribution in [0, 0.1) is 5.41 Å². The van der Waals surface area contributed by atoms with E-state index in [1.807, 2.05) is 25.4 Å². The molecule has 0 unspecified atom stereocenters. The molecular weight excluding hydrogens is 332 g/mol. The van der Waals surface area contributed by atoms with E-state index in [1.165, 1.54) is 9.75 Å². The van der Waals surface area contributed by atoms with Crippen molar-refractivity contribution in [1.82, 2.24) is 15.5 Å². The van der Waals surface area contributed by atoms with Crippen molar-refractivity contribution in [2.75, 3.05) is 27.2 Å². The van der Waals surface area contributed by atoms with E-state index in [-0.39, 0.29) is 11.3 Å². The second kappa shape index (κ2) is 9.22. The number of nitrogens with zero attached hydrogens (tertiary/aromatic N) is 2. The minimum Gasteiger partial charge on any atom is -0.357 e. The molecule has 0 spiro atoms. The summed E-state index contributed by atoms with van der Waals surface area (Å²) in [5, 5.41) is 6.73. The van der Waals surface area contributed by atoms with E-state index < -0.39 is 0 Å². The number of aliphatic imine (C=N–C) groups is 1. The third kappa shape index (κ3) is 5.21. The highest BCUT2D eigenvalue weighted by Gasteiger charge is 2.42. The monoisotopic (exact) mass is 364 g/mol. The minimum absolute atomic E-state index is 0.235. The van der Waals surface area contributed by atoms with E-state index in [0.717, 1.165) is 44.6 Å². The first-order chi connectivity index (χ1) is 12.0. The van der Waals surface area contributed by atoms with E-state index in [0.29, 0.717) is 13.1 Å². The van der Waals surface area contributed by atoms with Gasteiger partial charge in [-0.05, 0) is 38.3 Å². The molecule has 0 atom stereocenters. The molecule has 140 valence electrons. The van der Waals surface area contributed by atoms with Crippen LogP contribution in [0.4, 0.5) is 0 Å². The van der Waals surface area contributed by atoms with Gasteiger partial charge in [-0.15, -0.1) is 11.3 Å². The van der Waals surface area contributed by atoms with Gasteiger partial charge in [0.1, 0.15) is 0 Å². The summed E-state index contributed by atoms with van der Waals surface area (Å²) in [5.41, 5.74) is -0.280. The standard InChI is InChI=1S/C19H32N4OS/c1-5-15-9-10-16(25-15)13-21-18(20-6-2)22-14-19(11-7-8-12-19)17(24)23(3)4/h9-10H,5-8,11-14H2,1-4H3,(H2,20,21,22). The largest absolute Gasteiger partial charge is 0.357 e. The van der Waals surface area contributed by atoms with Gasteiger partial charge in [0, 0.05) is 36.9 Å². The third-order valence-electron chi connectivity index (χ3n) is 4.82. The van der Waals surface area contributed by atoms with E-state index in [1.54, 1.807) is 4.90 Å². The number of thiophene rings is 1. The van der Waals surface area contributed by atoms with Crippen molar-refractivity contribution in [1.29, 1.82) is 0 Å². The van der Waals surface area contributed by atoms with Crippen molar-refractivity contribution in [2.45, 2.75) is 52.5 Å². The lowest BCUT2D eigenvalue weighted by Gasteiger charge is -2.31. The molecule has 0 aromatic carbocycles. The van der Waals surface area contributed by atoms with E-state index in [4.69, 9.17) is 4.99 Å². The summed E-state index contributed by atoms with van der Waals surface area (Å²) in [6.45, 7) is 6.38. The zero-order valence-corrected chi connectivity index (χ0v) is 16.8. The van der Waals surface area contributed by atoms with Crippen molar-refractivity contribution >= 4 is 23.2 Å². The SMILES string of the molecule is CCNC(=NCc1ccc(CC)s1)NCC1(C(=O)N(C)C)CCCC1. The quantitative estimate of drug-likeness (QED) is 0.578. The average molecular weight is 365 g/mol. The van der Waals surface area contributed by atoms with Gasteiger partial charge in [0.15, 0.2) is 5.96 Å². The van der Waals surface area contributed by atoms with Gasteiger partial charge in [-0.3, -0.25) is 4.79 Å². The molecule has 0 saturated heterocycles. The number of carbonyl (C=O) groups excluding carboxylic acids is 1. The first-order valence-corrected chi connectivity index (χ1v) is 10.1. The van der Waals surface area contributed by atoms with Crippen LogP contribution in [-0.4, -0.2) is 44.0 Å². The van der Waals surface area contributed by atoms with Crippen LogP contribution >= 0.6 is 11.3 Å². The lowest BCUT2D eigenvalue weighted by atomic mass is 9.84. The zero-order valence-electron chi connectivity index (χ0n) is 16.0. The van der Waals surface area contributed by atoms with E-state index >= 15 is 0 Å². The molecule has 25 heavy (non-hydrogen) atoms. The molecule has 1 aromatic heterocycles. The highest BCUT2D eigenvalue weighted by molar-refractivity contribution is 7.11. The predicted molar refractivity (Wildman–Crippen MR) is 106 cm³/mol. The molecule has 2 N–H and O–H groups in total. The third-order valence-corrected chi connectivity index (χ3v) is 6.03. The number of carbonyl (C=O) groups is 1. The Morgan fingerprint density at radius 3 is 2.44 bits per heavy atom. The van der Waals surface area contributed by atoms with Gasteiger partial charge in [-0.25, -0.2) is 4.99 Å². The number of nitrogens with one attached hydrogen (secondary N) is 2. The molecule has 1 amide bonds. The molecule has 1 saturated carbocycles. The Morgan fingerprint density at radius 1 is 1.20 bits per heavy atom. The second-order valence-corrected chi connectivity index (χ2v) is 8.21. The fraction of sp³-hybridized carbons (Fsp3) is 0.684. The first kappa shape index (κ1) is 19.8. The first-order valence-electron chi connectivity index (χ1n) is 9.32. The molecule has 0 bridgehead atoms. The van der Waals surface area contributed by atoms with Crippen LogP contribution in [0.5, 0.6) is 0 Å². The topological polar surface area (TPSA) is 56.7 Å². The lowest BCUT2D eigenvalue weighted by Crippen LogP contribution is -2.49. The summed E-state index contributed by atoms with van der Waals surface area (Å²) >= 11 is 1.82. The van der Waals surface area contributed by atoms with Gasteiger partial charge in [-0.1, -0.05) is 19.8 Å². The second-order valence-electron chi connectivity index (χ2n) is 6.96. The van der Waals surface area contributed by atoms with Gasteiger partial charge in [0.2, 0.25) is 5.91 Å². The van der Waals surface area contributed by atoms with Crippen LogP contribution in [0.3, 0.4) is 0 Å². The zero-order chi connectivity index (χ0) is 18.3. The Bertz CT molecular complexity index is 588. The molecule has 1 aromatic rings. The molecule has 5 nitrogen and oxygen atoms in total. The summed E-state index contributed by atoms with van der Waals surface area (Å²) in [7, 11) is 3.70. The summed E-state index contributed by atoms with van der Waals surface area (Å²) in [5.74, 6) is 1.03. The lowest BCUT2D eigenvalue weighted by molar-refractivity contribution is -0.138. The summed E-state index contributed by atoms with van der Waals surface area (Å²) in [6, 6.07) is 4.34. The number of guanidine groups is 1. The molecule has 1 aliphatic rings. The van der Waals surface area contributed by atoms with Crippen molar-refractivity contribution in [3.8, 4) is 0 Å². The van der Waals surface area contributed by atoms with Crippen molar-refractivity contribution in [3.05, 3.63) is 21.9 Å². The van der Waals surface area contributed by atoms with Crippen LogP contribution in [-0.2, 0) is 17.8 Å². The molecule has 1 aliphatic carbocycles. The normalized spacial score (nSPS) is 16.7. The van der Waals surface area contributed by atoms with Crippen LogP contribution < -0.4 is 10.6 Å². The van der Waals surface area contributed by atoms with Gasteiger partial charge in [0.05, 0.1) is 12.0 Å². The Balaban J connectivity index is 2.01. The minimum atomic E-state index is -0.280. The van der Waals surface area contributed by atoms with Gasteiger partial charge < -0.3 is 15.5 Å². The maximum absolute atomic E-state index is 12.7.